The molecule has 3 N–H and O–H groups in total. The standard InChI is InChI=1S/C14H20BrN3O3S.ClH/c1-10(19)17-14-6-5-12(8-13(14)15)22(20,21)18-7-3-2-4-11(18)9-16;/h5-6,8,11H,2-4,7,9,16H2,1H3,(H,17,19);1H. The van der Waals surface area contributed by atoms with E-state index in [4.69, 9.17) is 5.73 Å². The molecule has 0 saturated carbocycles. The zero-order chi connectivity index (χ0) is 16.3. The van der Waals surface area contributed by atoms with Gasteiger partial charge in [-0.3, -0.25) is 4.79 Å². The number of nitrogens with two attached hydrogens (primary N) is 1. The Kier molecular flexibility index (Phi) is 7.47. The van der Waals surface area contributed by atoms with E-state index in [2.05, 4.69) is 21.2 Å². The molecule has 0 aliphatic carbocycles. The Labute approximate surface area is 151 Å². The van der Waals surface area contributed by atoms with Crippen LogP contribution in [0.5, 0.6) is 0 Å². The summed E-state index contributed by atoms with van der Waals surface area (Å²) in [6, 6.07) is 4.46. The molecule has 23 heavy (non-hydrogen) atoms. The summed E-state index contributed by atoms with van der Waals surface area (Å²) >= 11 is 3.30. The van der Waals surface area contributed by atoms with Crippen LogP contribution >= 0.6 is 28.3 Å². The summed E-state index contributed by atoms with van der Waals surface area (Å²) in [4.78, 5) is 11.3. The van der Waals surface area contributed by atoms with Gasteiger partial charge in [-0.2, -0.15) is 4.31 Å². The number of nitrogens with one attached hydrogen (secondary N) is 1. The molecule has 130 valence electrons. The number of carbonyl (C=O) groups is 1. The number of hydrogen-bond donors (Lipinski definition) is 2. The molecule has 1 aliphatic rings. The van der Waals surface area contributed by atoms with Crippen LogP contribution in [0.15, 0.2) is 27.6 Å². The summed E-state index contributed by atoms with van der Waals surface area (Å²) in [6.45, 7) is 2.22. The molecule has 1 amide bonds. The number of amides is 1. The molecule has 1 aromatic rings. The van der Waals surface area contributed by atoms with Gasteiger partial charge in [-0.15, -0.1) is 12.4 Å². The van der Waals surface area contributed by atoms with Crippen LogP contribution in [0.25, 0.3) is 0 Å². The Bertz CT molecular complexity index is 669. The van der Waals surface area contributed by atoms with Gasteiger partial charge in [0, 0.05) is 30.5 Å². The minimum absolute atomic E-state index is 0. The summed E-state index contributed by atoms with van der Waals surface area (Å²) in [5.74, 6) is -0.212. The average molecular weight is 427 g/mol. The maximum Gasteiger partial charge on any atom is 0.243 e. The highest BCUT2D eigenvalue weighted by Crippen LogP contribution is 2.30. The second kappa shape index (κ2) is 8.43. The maximum atomic E-state index is 12.8. The van der Waals surface area contributed by atoms with Crippen molar-refractivity contribution in [3.63, 3.8) is 0 Å². The van der Waals surface area contributed by atoms with Crippen molar-refractivity contribution in [1.82, 2.24) is 4.31 Å². The van der Waals surface area contributed by atoms with Gasteiger partial charge < -0.3 is 11.1 Å². The van der Waals surface area contributed by atoms with E-state index in [1.165, 1.54) is 23.4 Å². The highest BCUT2D eigenvalue weighted by molar-refractivity contribution is 9.10. The highest BCUT2D eigenvalue weighted by atomic mass is 79.9. The van der Waals surface area contributed by atoms with Gasteiger partial charge in [0.05, 0.1) is 10.6 Å². The molecule has 0 aromatic heterocycles. The van der Waals surface area contributed by atoms with Crippen molar-refractivity contribution in [2.45, 2.75) is 37.1 Å². The molecular formula is C14H21BrClN3O3S. The molecule has 1 aliphatic heterocycles. The molecule has 1 saturated heterocycles. The van der Waals surface area contributed by atoms with E-state index in [0.29, 0.717) is 23.2 Å². The van der Waals surface area contributed by atoms with E-state index in [-0.39, 0.29) is 29.3 Å². The fourth-order valence-electron chi connectivity index (χ4n) is 2.61. The first-order chi connectivity index (χ1) is 10.4. The molecule has 6 nitrogen and oxygen atoms in total. The lowest BCUT2D eigenvalue weighted by Gasteiger charge is -2.34. The third kappa shape index (κ3) is 4.67. The normalized spacial score (nSPS) is 19.0. The molecular weight excluding hydrogens is 406 g/mol. The molecule has 0 radical (unpaired) electrons. The molecule has 9 heteroatoms. The van der Waals surface area contributed by atoms with Crippen LogP contribution in [0.2, 0.25) is 0 Å². The summed E-state index contributed by atoms with van der Waals surface area (Å²) < 4.78 is 27.6. The third-order valence-corrected chi connectivity index (χ3v) is 6.31. The predicted molar refractivity (Wildman–Crippen MR) is 96.3 cm³/mol. The topological polar surface area (TPSA) is 92.5 Å². The number of piperidine rings is 1. The fourth-order valence-corrected chi connectivity index (χ4v) is 4.97. The summed E-state index contributed by atoms with van der Waals surface area (Å²) in [7, 11) is -3.58. The van der Waals surface area contributed by atoms with Crippen LogP contribution in [0, 0.1) is 0 Å². The first kappa shape index (κ1) is 20.4. The first-order valence-corrected chi connectivity index (χ1v) is 9.38. The second-order valence-electron chi connectivity index (χ2n) is 5.32. The number of hydrogen-bond acceptors (Lipinski definition) is 4. The summed E-state index contributed by atoms with van der Waals surface area (Å²) in [5.41, 5.74) is 6.26. The van der Waals surface area contributed by atoms with Crippen molar-refractivity contribution in [3.8, 4) is 0 Å². The van der Waals surface area contributed by atoms with Gasteiger partial charge in [-0.25, -0.2) is 8.42 Å². The molecule has 0 bridgehead atoms. The number of halogens is 2. The number of nitrogens with zero attached hydrogens (tertiary/aromatic N) is 1. The van der Waals surface area contributed by atoms with Gasteiger partial charge in [0.2, 0.25) is 15.9 Å². The van der Waals surface area contributed by atoms with Crippen molar-refractivity contribution >= 4 is 50.0 Å². The van der Waals surface area contributed by atoms with Gasteiger partial charge in [-0.1, -0.05) is 6.42 Å². The predicted octanol–water partition coefficient (Wildman–Crippen LogP) is 2.33. The monoisotopic (exact) mass is 425 g/mol. The largest absolute Gasteiger partial charge is 0.329 e. The zero-order valence-corrected chi connectivity index (χ0v) is 16.0. The van der Waals surface area contributed by atoms with E-state index >= 15 is 0 Å². The third-order valence-electron chi connectivity index (χ3n) is 3.70. The fraction of sp³-hybridized carbons (Fsp3) is 0.500. The lowest BCUT2D eigenvalue weighted by atomic mass is 10.1. The number of carbonyl (C=O) groups excluding carboxylic acids is 1. The molecule has 1 heterocycles. The van der Waals surface area contributed by atoms with Gasteiger partial charge in [0.15, 0.2) is 0 Å². The van der Waals surface area contributed by atoms with E-state index in [1.807, 2.05) is 0 Å². The van der Waals surface area contributed by atoms with Gasteiger partial charge >= 0.3 is 0 Å². The summed E-state index contributed by atoms with van der Waals surface area (Å²) in [6.07, 6.45) is 2.64. The zero-order valence-electron chi connectivity index (χ0n) is 12.8. The second-order valence-corrected chi connectivity index (χ2v) is 8.07. The smallest absolute Gasteiger partial charge is 0.243 e. The Morgan fingerprint density at radius 3 is 2.70 bits per heavy atom. The van der Waals surface area contributed by atoms with Crippen LogP contribution in [-0.4, -0.2) is 37.8 Å². The van der Waals surface area contributed by atoms with Crippen molar-refractivity contribution in [2.75, 3.05) is 18.4 Å². The van der Waals surface area contributed by atoms with Crippen molar-refractivity contribution in [2.24, 2.45) is 5.73 Å². The van der Waals surface area contributed by atoms with Crippen molar-refractivity contribution in [1.29, 1.82) is 0 Å². The minimum Gasteiger partial charge on any atom is -0.329 e. The summed E-state index contributed by atoms with van der Waals surface area (Å²) in [5, 5.41) is 2.64. The highest BCUT2D eigenvalue weighted by Gasteiger charge is 2.32. The average Bonchev–Trinajstić information content (AvgIpc) is 2.48. The Balaban J connectivity index is 0.00000264. The van der Waals surface area contributed by atoms with Crippen LogP contribution < -0.4 is 11.1 Å². The molecule has 0 spiro atoms. The lowest BCUT2D eigenvalue weighted by Crippen LogP contribution is -2.47. The minimum atomic E-state index is -3.58. The van der Waals surface area contributed by atoms with Crippen molar-refractivity contribution in [3.05, 3.63) is 22.7 Å². The van der Waals surface area contributed by atoms with Crippen LogP contribution in [0.4, 0.5) is 5.69 Å². The number of anilines is 1. The Hall–Kier alpha value is -0.670. The molecule has 1 unspecified atom stereocenters. The maximum absolute atomic E-state index is 12.8. The first-order valence-electron chi connectivity index (χ1n) is 7.15. The van der Waals surface area contributed by atoms with Crippen LogP contribution in [0.1, 0.15) is 26.2 Å². The Morgan fingerprint density at radius 2 is 2.13 bits per heavy atom. The Morgan fingerprint density at radius 1 is 1.43 bits per heavy atom. The van der Waals surface area contributed by atoms with Gasteiger partial charge in [-0.05, 0) is 47.0 Å². The lowest BCUT2D eigenvalue weighted by molar-refractivity contribution is -0.114. The molecule has 1 atom stereocenters. The number of benzene rings is 1. The quantitative estimate of drug-likeness (QED) is 0.773. The van der Waals surface area contributed by atoms with E-state index < -0.39 is 10.0 Å². The SMILES string of the molecule is CC(=O)Nc1ccc(S(=O)(=O)N2CCCCC2CN)cc1Br.Cl. The molecule has 2 rings (SSSR count). The van der Waals surface area contributed by atoms with Gasteiger partial charge in [0.25, 0.3) is 0 Å². The van der Waals surface area contributed by atoms with E-state index in [0.717, 1.165) is 19.3 Å². The van der Waals surface area contributed by atoms with Crippen molar-refractivity contribution < 1.29 is 13.2 Å². The van der Waals surface area contributed by atoms with Crippen LogP contribution in [0.3, 0.4) is 0 Å². The number of rotatable bonds is 4. The molecule has 1 aromatic carbocycles. The van der Waals surface area contributed by atoms with E-state index in [9.17, 15) is 13.2 Å². The van der Waals surface area contributed by atoms with Crippen LogP contribution in [-0.2, 0) is 14.8 Å². The van der Waals surface area contributed by atoms with Gasteiger partial charge in [0.1, 0.15) is 0 Å². The molecule has 1 fully saturated rings. The number of sulfonamides is 1. The van der Waals surface area contributed by atoms with E-state index in [1.54, 1.807) is 6.07 Å².